The molecule has 4 nitrogen and oxygen atoms in total. The smallest absolute Gasteiger partial charge is 0.153 e. The van der Waals surface area contributed by atoms with Gasteiger partial charge in [0, 0.05) is 6.20 Å². The Balaban J connectivity index is 2.24. The Morgan fingerprint density at radius 1 is 1.26 bits per heavy atom. The highest BCUT2D eigenvalue weighted by Crippen LogP contribution is 2.17. The van der Waals surface area contributed by atoms with Gasteiger partial charge in [0.05, 0.1) is 18.5 Å². The molecule has 0 N–H and O–H groups in total. The van der Waals surface area contributed by atoms with Crippen LogP contribution in [0.4, 0.5) is 5.82 Å². The van der Waals surface area contributed by atoms with Crippen molar-refractivity contribution in [3.63, 3.8) is 0 Å². The molecule has 19 heavy (non-hydrogen) atoms. The predicted molar refractivity (Wildman–Crippen MR) is 79.4 cm³/mol. The van der Waals surface area contributed by atoms with Crippen LogP contribution < -0.4 is 4.74 Å². The normalized spacial score (nSPS) is 11.4. The van der Waals surface area contributed by atoms with Crippen molar-refractivity contribution in [3.8, 4) is 5.75 Å². The summed E-state index contributed by atoms with van der Waals surface area (Å²) in [4.78, 5) is 13.0. The van der Waals surface area contributed by atoms with E-state index in [1.54, 1.807) is 24.2 Å². The zero-order valence-electron chi connectivity index (χ0n) is 10.9. The van der Waals surface area contributed by atoms with E-state index in [1.807, 2.05) is 43.5 Å². The maximum atomic E-state index is 5.37. The zero-order chi connectivity index (χ0) is 13.5. The molecule has 0 spiro atoms. The number of hydrogen-bond acceptors (Lipinski definition) is 5. The van der Waals surface area contributed by atoms with Gasteiger partial charge in [-0.25, -0.2) is 9.98 Å². The van der Waals surface area contributed by atoms with Gasteiger partial charge in [0.25, 0.3) is 0 Å². The van der Waals surface area contributed by atoms with E-state index in [0.717, 1.165) is 16.5 Å². The molecule has 0 unspecified atom stereocenters. The third kappa shape index (κ3) is 3.79. The van der Waals surface area contributed by atoms with Crippen LogP contribution in [-0.2, 0) is 0 Å². The summed E-state index contributed by atoms with van der Waals surface area (Å²) in [6.07, 6.45) is 5.41. The van der Waals surface area contributed by atoms with Crippen molar-refractivity contribution in [2.24, 2.45) is 4.99 Å². The summed E-state index contributed by atoms with van der Waals surface area (Å²) in [5, 5.41) is 0.835. The molecule has 2 aromatic heterocycles. The molecule has 0 radical (unpaired) electrons. The lowest BCUT2D eigenvalue weighted by Crippen LogP contribution is -1.99. The second-order valence-corrected chi connectivity index (χ2v) is 4.42. The van der Waals surface area contributed by atoms with E-state index in [4.69, 9.17) is 4.74 Å². The predicted octanol–water partition coefficient (Wildman–Crippen LogP) is 3.32. The first-order valence-corrected chi connectivity index (χ1v) is 7.19. The summed E-state index contributed by atoms with van der Waals surface area (Å²) in [5.74, 6) is 1.45. The molecule has 0 atom stereocenters. The Labute approximate surface area is 117 Å². The molecule has 0 saturated carbocycles. The third-order valence-electron chi connectivity index (χ3n) is 2.33. The quantitative estimate of drug-likeness (QED) is 0.633. The van der Waals surface area contributed by atoms with Gasteiger partial charge < -0.3 is 4.74 Å². The molecule has 0 aromatic carbocycles. The standard InChI is InChI=1S/C14H15N3OS/c1-3-18-11-7-8-12(16-10-11)14(19-2)17-13-6-4-5-9-15-13/h4-10H,3H2,1-2H3/b17-14-. The van der Waals surface area contributed by atoms with Crippen LogP contribution in [0.15, 0.2) is 47.7 Å². The van der Waals surface area contributed by atoms with E-state index >= 15 is 0 Å². The Morgan fingerprint density at radius 2 is 2.16 bits per heavy atom. The fourth-order valence-corrected chi connectivity index (χ4v) is 2.00. The van der Waals surface area contributed by atoms with Gasteiger partial charge in [0.15, 0.2) is 5.82 Å². The molecule has 0 aliphatic carbocycles. The van der Waals surface area contributed by atoms with E-state index in [1.165, 1.54) is 0 Å². The van der Waals surface area contributed by atoms with Crippen molar-refractivity contribution in [3.05, 3.63) is 48.4 Å². The molecule has 0 saturated heterocycles. The third-order valence-corrected chi connectivity index (χ3v) is 3.01. The highest BCUT2D eigenvalue weighted by atomic mass is 32.2. The van der Waals surface area contributed by atoms with Gasteiger partial charge in [-0.2, -0.15) is 0 Å². The Bertz CT molecular complexity index is 540. The van der Waals surface area contributed by atoms with Gasteiger partial charge in [-0.1, -0.05) is 6.07 Å². The fraction of sp³-hybridized carbons (Fsp3) is 0.214. The lowest BCUT2D eigenvalue weighted by Gasteiger charge is -2.05. The number of aliphatic imine (C=N–C) groups is 1. The van der Waals surface area contributed by atoms with E-state index < -0.39 is 0 Å². The Hall–Kier alpha value is -1.88. The highest BCUT2D eigenvalue weighted by Gasteiger charge is 2.05. The van der Waals surface area contributed by atoms with E-state index in [-0.39, 0.29) is 0 Å². The van der Waals surface area contributed by atoms with Crippen LogP contribution in [-0.4, -0.2) is 27.9 Å². The average molecular weight is 273 g/mol. The summed E-state index contributed by atoms with van der Waals surface area (Å²) in [7, 11) is 0. The molecule has 2 rings (SSSR count). The first kappa shape index (κ1) is 13.5. The first-order chi connectivity index (χ1) is 9.33. The first-order valence-electron chi connectivity index (χ1n) is 5.96. The minimum Gasteiger partial charge on any atom is -0.492 e. The zero-order valence-corrected chi connectivity index (χ0v) is 11.7. The molecule has 0 fully saturated rings. The van der Waals surface area contributed by atoms with Crippen molar-refractivity contribution in [1.29, 1.82) is 0 Å². The summed E-state index contributed by atoms with van der Waals surface area (Å²) in [6, 6.07) is 9.45. The lowest BCUT2D eigenvalue weighted by atomic mass is 10.3. The largest absolute Gasteiger partial charge is 0.492 e. The monoisotopic (exact) mass is 273 g/mol. The topological polar surface area (TPSA) is 47.4 Å². The number of rotatable bonds is 4. The molecule has 0 aliphatic heterocycles. The molecule has 0 bridgehead atoms. The van der Waals surface area contributed by atoms with Crippen LogP contribution in [0.5, 0.6) is 5.75 Å². The van der Waals surface area contributed by atoms with Gasteiger partial charge in [-0.15, -0.1) is 11.8 Å². The number of nitrogens with zero attached hydrogens (tertiary/aromatic N) is 3. The summed E-state index contributed by atoms with van der Waals surface area (Å²) in [6.45, 7) is 2.59. The van der Waals surface area contributed by atoms with E-state index in [0.29, 0.717) is 12.4 Å². The SMILES string of the molecule is CCOc1ccc(/C(=N/c2ccccn2)SC)nc1. The van der Waals surface area contributed by atoms with Gasteiger partial charge in [-0.3, -0.25) is 4.98 Å². The molecule has 2 aromatic rings. The molecular weight excluding hydrogens is 258 g/mol. The van der Waals surface area contributed by atoms with Crippen molar-refractivity contribution >= 4 is 22.6 Å². The van der Waals surface area contributed by atoms with Gasteiger partial charge in [-0.05, 0) is 37.4 Å². The summed E-state index contributed by atoms with van der Waals surface area (Å²) in [5.41, 5.74) is 0.821. The minimum atomic E-state index is 0.637. The van der Waals surface area contributed by atoms with Crippen molar-refractivity contribution < 1.29 is 4.74 Å². The van der Waals surface area contributed by atoms with Crippen LogP contribution in [0.1, 0.15) is 12.6 Å². The Morgan fingerprint density at radius 3 is 2.74 bits per heavy atom. The highest BCUT2D eigenvalue weighted by molar-refractivity contribution is 8.13. The van der Waals surface area contributed by atoms with E-state index in [9.17, 15) is 0 Å². The van der Waals surface area contributed by atoms with E-state index in [2.05, 4.69) is 15.0 Å². The second-order valence-electron chi connectivity index (χ2n) is 3.62. The maximum Gasteiger partial charge on any atom is 0.153 e. The second kappa shape index (κ2) is 6.89. The fourth-order valence-electron chi connectivity index (χ4n) is 1.49. The minimum absolute atomic E-state index is 0.637. The van der Waals surface area contributed by atoms with Crippen LogP contribution in [0.25, 0.3) is 0 Å². The summed E-state index contributed by atoms with van der Waals surface area (Å²) >= 11 is 1.54. The van der Waals surface area contributed by atoms with Crippen LogP contribution in [0.2, 0.25) is 0 Å². The number of aromatic nitrogens is 2. The van der Waals surface area contributed by atoms with Crippen LogP contribution >= 0.6 is 11.8 Å². The Kier molecular flexibility index (Phi) is 4.92. The van der Waals surface area contributed by atoms with Gasteiger partial charge >= 0.3 is 0 Å². The molecule has 0 amide bonds. The molecule has 0 aliphatic rings. The van der Waals surface area contributed by atoms with Crippen molar-refractivity contribution in [2.75, 3.05) is 12.9 Å². The van der Waals surface area contributed by atoms with Gasteiger partial charge in [0.2, 0.25) is 0 Å². The van der Waals surface area contributed by atoms with Crippen LogP contribution in [0, 0.1) is 0 Å². The molecule has 98 valence electrons. The lowest BCUT2D eigenvalue weighted by molar-refractivity contribution is 0.339. The maximum absolute atomic E-state index is 5.37. The molecule has 2 heterocycles. The van der Waals surface area contributed by atoms with Crippen molar-refractivity contribution in [1.82, 2.24) is 9.97 Å². The number of pyridine rings is 2. The number of ether oxygens (including phenoxy) is 1. The molecule has 5 heteroatoms. The van der Waals surface area contributed by atoms with Crippen molar-refractivity contribution in [2.45, 2.75) is 6.92 Å². The van der Waals surface area contributed by atoms with Crippen LogP contribution in [0.3, 0.4) is 0 Å². The number of thioether (sulfide) groups is 1. The summed E-state index contributed by atoms with van der Waals surface area (Å²) < 4.78 is 5.37. The number of hydrogen-bond donors (Lipinski definition) is 0. The average Bonchev–Trinajstić information content (AvgIpc) is 2.47. The molecular formula is C14H15N3OS. The van der Waals surface area contributed by atoms with Gasteiger partial charge in [0.1, 0.15) is 10.8 Å².